The number of thiophene rings is 1. The van der Waals surface area contributed by atoms with Gasteiger partial charge < -0.3 is 20.1 Å². The van der Waals surface area contributed by atoms with Crippen molar-refractivity contribution in [1.29, 1.82) is 0 Å². The van der Waals surface area contributed by atoms with E-state index in [0.717, 1.165) is 27.3 Å². The largest absolute Gasteiger partial charge is 0.481 e. The maximum absolute atomic E-state index is 12.8. The number of amides is 2. The first-order valence-corrected chi connectivity index (χ1v) is 12.2. The van der Waals surface area contributed by atoms with Crippen LogP contribution in [0.4, 0.5) is 10.7 Å². The Labute approximate surface area is 209 Å². The number of ether oxygens (including phenoxy) is 2. The lowest BCUT2D eigenvalue weighted by Crippen LogP contribution is -2.30. The summed E-state index contributed by atoms with van der Waals surface area (Å²) in [6, 6.07) is 12.3. The highest BCUT2D eigenvalue weighted by Crippen LogP contribution is 2.33. The Morgan fingerprint density at radius 3 is 2.31 bits per heavy atom. The van der Waals surface area contributed by atoms with E-state index in [1.807, 2.05) is 45.9 Å². The average Bonchev–Trinajstić information content (AvgIpc) is 3.09. The number of hydrogen-bond acceptors (Lipinski definition) is 6. The lowest BCUT2D eigenvalue weighted by atomic mass is 10.1. The fourth-order valence-corrected chi connectivity index (χ4v) is 4.43. The Hall–Kier alpha value is -3.65. The summed E-state index contributed by atoms with van der Waals surface area (Å²) in [5.41, 5.74) is 4.33. The number of aryl methyl sites for hydroxylation is 3. The van der Waals surface area contributed by atoms with Gasteiger partial charge in [0.25, 0.3) is 11.8 Å². The second kappa shape index (κ2) is 11.2. The monoisotopic (exact) mass is 494 g/mol. The molecule has 2 N–H and O–H groups in total. The van der Waals surface area contributed by atoms with Crippen LogP contribution in [0.25, 0.3) is 0 Å². The van der Waals surface area contributed by atoms with Crippen molar-refractivity contribution < 1.29 is 23.9 Å². The molecule has 2 amide bonds. The van der Waals surface area contributed by atoms with Crippen LogP contribution < -0.4 is 15.4 Å². The predicted octanol–water partition coefficient (Wildman–Crippen LogP) is 5.82. The van der Waals surface area contributed by atoms with Gasteiger partial charge in [0.1, 0.15) is 10.8 Å². The standard InChI is InChI=1S/C27H30N2O5S/c1-7-33-27(32)23-17(4)19(6)35-26(23)29-25(31)20-10-12-21(13-11-20)34-18(5)24(30)28-22-14-15(2)8-9-16(22)3/h8-14,18H,7H2,1-6H3,(H,28,30)(H,29,31). The molecule has 7 nitrogen and oxygen atoms in total. The van der Waals surface area contributed by atoms with Gasteiger partial charge in [-0.25, -0.2) is 4.79 Å². The van der Waals surface area contributed by atoms with Crippen molar-refractivity contribution in [3.63, 3.8) is 0 Å². The molecule has 1 heterocycles. The third kappa shape index (κ3) is 6.27. The minimum absolute atomic E-state index is 0.253. The molecule has 1 aromatic heterocycles. The van der Waals surface area contributed by atoms with Crippen LogP contribution in [-0.2, 0) is 9.53 Å². The number of carbonyl (C=O) groups excluding carboxylic acids is 3. The fourth-order valence-electron chi connectivity index (χ4n) is 3.39. The Kier molecular flexibility index (Phi) is 8.30. The Bertz CT molecular complexity index is 1250. The van der Waals surface area contributed by atoms with Crippen molar-refractivity contribution in [2.24, 2.45) is 0 Å². The molecule has 35 heavy (non-hydrogen) atoms. The van der Waals surface area contributed by atoms with Crippen LogP contribution >= 0.6 is 11.3 Å². The maximum atomic E-state index is 12.8. The van der Waals surface area contributed by atoms with Crippen LogP contribution in [0.2, 0.25) is 0 Å². The molecule has 3 rings (SSSR count). The molecule has 1 unspecified atom stereocenters. The van der Waals surface area contributed by atoms with Crippen LogP contribution in [0.3, 0.4) is 0 Å². The molecule has 0 aliphatic rings. The van der Waals surface area contributed by atoms with E-state index in [1.165, 1.54) is 11.3 Å². The second-order valence-electron chi connectivity index (χ2n) is 8.25. The normalized spacial score (nSPS) is 11.5. The first-order chi connectivity index (χ1) is 16.6. The van der Waals surface area contributed by atoms with E-state index in [1.54, 1.807) is 38.1 Å². The minimum Gasteiger partial charge on any atom is -0.481 e. The van der Waals surface area contributed by atoms with Gasteiger partial charge in [0.05, 0.1) is 12.2 Å². The highest BCUT2D eigenvalue weighted by Gasteiger charge is 2.22. The van der Waals surface area contributed by atoms with E-state index in [-0.39, 0.29) is 18.4 Å². The number of benzene rings is 2. The summed E-state index contributed by atoms with van der Waals surface area (Å²) in [6.07, 6.45) is -0.737. The summed E-state index contributed by atoms with van der Waals surface area (Å²) in [7, 11) is 0. The lowest BCUT2D eigenvalue weighted by molar-refractivity contribution is -0.122. The Morgan fingerprint density at radius 2 is 1.66 bits per heavy atom. The molecule has 0 radical (unpaired) electrons. The van der Waals surface area contributed by atoms with Crippen molar-refractivity contribution in [2.45, 2.75) is 47.6 Å². The van der Waals surface area contributed by atoms with Crippen LogP contribution in [-0.4, -0.2) is 30.5 Å². The van der Waals surface area contributed by atoms with Crippen molar-refractivity contribution in [1.82, 2.24) is 0 Å². The molecule has 1 atom stereocenters. The summed E-state index contributed by atoms with van der Waals surface area (Å²) < 4.78 is 10.9. The molecule has 0 spiro atoms. The molecule has 0 aliphatic heterocycles. The highest BCUT2D eigenvalue weighted by atomic mass is 32.1. The van der Waals surface area contributed by atoms with E-state index < -0.39 is 12.1 Å². The Morgan fingerprint density at radius 1 is 0.971 bits per heavy atom. The van der Waals surface area contributed by atoms with Gasteiger partial charge >= 0.3 is 5.97 Å². The average molecular weight is 495 g/mol. The first-order valence-electron chi connectivity index (χ1n) is 11.3. The molecule has 0 saturated heterocycles. The van der Waals surface area contributed by atoms with Crippen LogP contribution in [0.1, 0.15) is 56.1 Å². The smallest absolute Gasteiger partial charge is 0.341 e. The molecule has 0 saturated carbocycles. The van der Waals surface area contributed by atoms with E-state index in [9.17, 15) is 14.4 Å². The number of nitrogens with one attached hydrogen (secondary N) is 2. The Balaban J connectivity index is 1.65. The summed E-state index contributed by atoms with van der Waals surface area (Å²) in [5.74, 6) is -0.624. The molecule has 2 aromatic carbocycles. The fraction of sp³-hybridized carbons (Fsp3) is 0.296. The molecule has 0 aliphatic carbocycles. The van der Waals surface area contributed by atoms with E-state index >= 15 is 0 Å². The molecule has 0 bridgehead atoms. The van der Waals surface area contributed by atoms with Gasteiger partial charge in [0.2, 0.25) is 0 Å². The lowest BCUT2D eigenvalue weighted by Gasteiger charge is -2.16. The third-order valence-electron chi connectivity index (χ3n) is 5.54. The quantitative estimate of drug-likeness (QED) is 0.385. The first kappa shape index (κ1) is 26.0. The van der Waals surface area contributed by atoms with Gasteiger partial charge in [-0.15, -0.1) is 11.3 Å². The number of rotatable bonds is 8. The summed E-state index contributed by atoms with van der Waals surface area (Å²) in [4.78, 5) is 38.7. The molecular weight excluding hydrogens is 464 g/mol. The molecule has 0 fully saturated rings. The predicted molar refractivity (Wildman–Crippen MR) is 139 cm³/mol. The van der Waals surface area contributed by atoms with E-state index in [0.29, 0.717) is 21.9 Å². The molecule has 3 aromatic rings. The summed E-state index contributed by atoms with van der Waals surface area (Å²) in [6.45, 7) is 11.3. The number of anilines is 2. The number of carbonyl (C=O) groups is 3. The van der Waals surface area contributed by atoms with Gasteiger partial charge in [-0.05, 0) is 88.6 Å². The van der Waals surface area contributed by atoms with Crippen molar-refractivity contribution in [3.8, 4) is 5.75 Å². The number of esters is 1. The van der Waals surface area contributed by atoms with E-state index in [4.69, 9.17) is 9.47 Å². The van der Waals surface area contributed by atoms with E-state index in [2.05, 4.69) is 10.6 Å². The topological polar surface area (TPSA) is 93.7 Å². The molecule has 184 valence electrons. The zero-order valence-corrected chi connectivity index (χ0v) is 21.6. The van der Waals surface area contributed by atoms with Crippen molar-refractivity contribution >= 4 is 39.8 Å². The molecular formula is C27H30N2O5S. The van der Waals surface area contributed by atoms with Gasteiger partial charge in [-0.3, -0.25) is 9.59 Å². The zero-order valence-electron chi connectivity index (χ0n) is 20.8. The van der Waals surface area contributed by atoms with Gasteiger partial charge in [-0.2, -0.15) is 0 Å². The number of hydrogen-bond donors (Lipinski definition) is 2. The van der Waals surface area contributed by atoms with Crippen molar-refractivity contribution in [3.05, 3.63) is 75.2 Å². The minimum atomic E-state index is -0.737. The third-order valence-corrected chi connectivity index (χ3v) is 6.66. The second-order valence-corrected chi connectivity index (χ2v) is 9.48. The summed E-state index contributed by atoms with van der Waals surface area (Å²) in [5, 5.41) is 6.17. The van der Waals surface area contributed by atoms with Crippen LogP contribution in [0.15, 0.2) is 42.5 Å². The van der Waals surface area contributed by atoms with Gasteiger partial charge in [0.15, 0.2) is 6.10 Å². The van der Waals surface area contributed by atoms with Crippen LogP contribution in [0.5, 0.6) is 5.75 Å². The summed E-state index contributed by atoms with van der Waals surface area (Å²) >= 11 is 1.33. The maximum Gasteiger partial charge on any atom is 0.341 e. The SMILES string of the molecule is CCOC(=O)c1c(NC(=O)c2ccc(OC(C)C(=O)Nc3cc(C)ccc3C)cc2)sc(C)c1C. The highest BCUT2D eigenvalue weighted by molar-refractivity contribution is 7.16. The van der Waals surface area contributed by atoms with Gasteiger partial charge in [-0.1, -0.05) is 12.1 Å². The van der Waals surface area contributed by atoms with Crippen molar-refractivity contribution in [2.75, 3.05) is 17.2 Å². The van der Waals surface area contributed by atoms with Gasteiger partial charge in [0, 0.05) is 16.1 Å². The molecule has 8 heteroatoms. The van der Waals surface area contributed by atoms with Crippen LogP contribution in [0, 0.1) is 27.7 Å². The zero-order chi connectivity index (χ0) is 25.7.